The highest BCUT2D eigenvalue weighted by Crippen LogP contribution is 2.25. The number of carbonyl (C=O) groups excluding carboxylic acids is 3. The number of hydrogen-bond acceptors (Lipinski definition) is 6. The lowest BCUT2D eigenvalue weighted by atomic mass is 9.94. The lowest BCUT2D eigenvalue weighted by Gasteiger charge is -2.45. The van der Waals surface area contributed by atoms with Crippen LogP contribution in [0.3, 0.4) is 0 Å². The molecule has 2 rings (SSSR count). The monoisotopic (exact) mass is 378 g/mol. The first-order valence-electron chi connectivity index (χ1n) is 8.80. The van der Waals surface area contributed by atoms with E-state index in [0.29, 0.717) is 0 Å². The minimum absolute atomic E-state index is 0.263. The van der Waals surface area contributed by atoms with E-state index in [0.717, 1.165) is 5.56 Å². The van der Waals surface area contributed by atoms with E-state index < -0.39 is 36.6 Å². The molecule has 0 radical (unpaired) electrons. The Labute approximate surface area is 158 Å². The first-order valence-corrected chi connectivity index (χ1v) is 8.80. The average molecular weight is 378 g/mol. The zero-order valence-corrected chi connectivity index (χ0v) is 15.9. The summed E-state index contributed by atoms with van der Waals surface area (Å²) in [6.07, 6.45) is -2.14. The molecule has 1 aliphatic rings. The quantitative estimate of drug-likeness (QED) is 0.713. The molecule has 2 amide bonds. The molecular weight excluding hydrogens is 352 g/mol. The summed E-state index contributed by atoms with van der Waals surface area (Å²) in [4.78, 5) is 35.0. The van der Waals surface area contributed by atoms with Gasteiger partial charge in [-0.15, -0.1) is 0 Å². The highest BCUT2D eigenvalue weighted by atomic mass is 16.7. The molecule has 148 valence electrons. The molecule has 1 saturated heterocycles. The zero-order chi connectivity index (χ0) is 20.0. The smallest absolute Gasteiger partial charge is 0.303 e. The van der Waals surface area contributed by atoms with Gasteiger partial charge in [0.1, 0.15) is 12.1 Å². The van der Waals surface area contributed by atoms with E-state index in [1.54, 1.807) is 6.92 Å². The predicted molar refractivity (Wildman–Crippen MR) is 96.3 cm³/mol. The summed E-state index contributed by atoms with van der Waals surface area (Å²) in [5.74, 6) is -1.14. The zero-order valence-electron chi connectivity index (χ0n) is 15.9. The van der Waals surface area contributed by atoms with Crippen molar-refractivity contribution < 1.29 is 28.6 Å². The van der Waals surface area contributed by atoms with Crippen LogP contribution in [0.15, 0.2) is 30.3 Å². The number of esters is 1. The third-order valence-electron chi connectivity index (χ3n) is 4.14. The van der Waals surface area contributed by atoms with E-state index in [4.69, 9.17) is 14.2 Å². The van der Waals surface area contributed by atoms with Gasteiger partial charge in [0.15, 0.2) is 6.29 Å². The van der Waals surface area contributed by atoms with Gasteiger partial charge >= 0.3 is 5.97 Å². The first-order chi connectivity index (χ1) is 12.8. The molecule has 5 atom stereocenters. The van der Waals surface area contributed by atoms with E-state index >= 15 is 0 Å². The van der Waals surface area contributed by atoms with Crippen LogP contribution in [-0.2, 0) is 35.2 Å². The Morgan fingerprint density at radius 1 is 1.00 bits per heavy atom. The van der Waals surface area contributed by atoms with Crippen molar-refractivity contribution in [3.05, 3.63) is 35.9 Å². The number of benzene rings is 1. The van der Waals surface area contributed by atoms with Crippen molar-refractivity contribution in [3.63, 3.8) is 0 Å². The number of amides is 2. The summed E-state index contributed by atoms with van der Waals surface area (Å²) < 4.78 is 17.1. The van der Waals surface area contributed by atoms with Crippen LogP contribution in [0.25, 0.3) is 0 Å². The standard InChI is InChI=1S/C19H26N2O6/c1-11-18(27-14(4)24)16(20-12(2)22)17(21-13(3)23)19(26-11)25-10-15-8-6-5-7-9-15/h5-9,11,16-19H,10H2,1-4H3,(H,20,22)(H,21,23)/t11-,16+,17+,18+,19+/m0/s1. The Morgan fingerprint density at radius 3 is 2.15 bits per heavy atom. The summed E-state index contributed by atoms with van der Waals surface area (Å²) >= 11 is 0. The molecular formula is C19H26N2O6. The lowest BCUT2D eigenvalue weighted by molar-refractivity contribution is -0.248. The fourth-order valence-corrected chi connectivity index (χ4v) is 3.09. The van der Waals surface area contributed by atoms with Crippen molar-refractivity contribution in [1.29, 1.82) is 0 Å². The Hall–Kier alpha value is -2.45. The van der Waals surface area contributed by atoms with Gasteiger partial charge in [-0.2, -0.15) is 0 Å². The van der Waals surface area contributed by atoms with Crippen LogP contribution >= 0.6 is 0 Å². The second-order valence-corrected chi connectivity index (χ2v) is 6.53. The third kappa shape index (κ3) is 6.04. The van der Waals surface area contributed by atoms with Gasteiger partial charge in [-0.3, -0.25) is 14.4 Å². The second kappa shape index (κ2) is 9.48. The van der Waals surface area contributed by atoms with E-state index in [2.05, 4.69) is 10.6 Å². The van der Waals surface area contributed by atoms with Crippen molar-refractivity contribution in [3.8, 4) is 0 Å². The van der Waals surface area contributed by atoms with Crippen molar-refractivity contribution in [2.75, 3.05) is 0 Å². The van der Waals surface area contributed by atoms with Crippen molar-refractivity contribution in [2.24, 2.45) is 0 Å². The number of hydrogen-bond donors (Lipinski definition) is 2. The fourth-order valence-electron chi connectivity index (χ4n) is 3.09. The molecule has 0 bridgehead atoms. The highest BCUT2D eigenvalue weighted by Gasteiger charge is 2.47. The Kier molecular flexibility index (Phi) is 7.32. The minimum Gasteiger partial charge on any atom is -0.458 e. The normalized spacial score (nSPS) is 27.5. The van der Waals surface area contributed by atoms with Crippen LogP contribution in [0.4, 0.5) is 0 Å². The molecule has 2 N–H and O–H groups in total. The Balaban J connectivity index is 2.24. The van der Waals surface area contributed by atoms with Crippen molar-refractivity contribution in [2.45, 2.75) is 64.9 Å². The first kappa shape index (κ1) is 20.9. The molecule has 0 aliphatic carbocycles. The molecule has 1 heterocycles. The largest absolute Gasteiger partial charge is 0.458 e. The number of ether oxygens (including phenoxy) is 3. The van der Waals surface area contributed by atoms with Gasteiger partial charge in [0.25, 0.3) is 0 Å². The summed E-state index contributed by atoms with van der Waals surface area (Å²) in [7, 11) is 0. The summed E-state index contributed by atoms with van der Waals surface area (Å²) in [6, 6.07) is 8.09. The SMILES string of the molecule is CC(=O)N[C@@H]1[C@@H](NC(C)=O)[C@H](OCc2ccccc2)O[C@@H](C)[C@H]1OC(C)=O. The molecule has 8 heteroatoms. The molecule has 1 aromatic carbocycles. The Bertz CT molecular complexity index is 665. The van der Waals surface area contributed by atoms with Gasteiger partial charge in [-0.25, -0.2) is 0 Å². The van der Waals surface area contributed by atoms with E-state index in [9.17, 15) is 14.4 Å². The van der Waals surface area contributed by atoms with E-state index in [-0.39, 0.29) is 18.4 Å². The average Bonchev–Trinajstić information content (AvgIpc) is 2.59. The second-order valence-electron chi connectivity index (χ2n) is 6.53. The molecule has 8 nitrogen and oxygen atoms in total. The van der Waals surface area contributed by atoms with Crippen LogP contribution < -0.4 is 10.6 Å². The van der Waals surface area contributed by atoms with Gasteiger partial charge in [0.2, 0.25) is 11.8 Å². The van der Waals surface area contributed by atoms with Crippen LogP contribution in [0.5, 0.6) is 0 Å². The Morgan fingerprint density at radius 2 is 1.59 bits per heavy atom. The highest BCUT2D eigenvalue weighted by molar-refractivity contribution is 5.75. The van der Waals surface area contributed by atoms with Gasteiger partial charge in [0.05, 0.1) is 18.8 Å². The van der Waals surface area contributed by atoms with E-state index in [1.807, 2.05) is 30.3 Å². The number of nitrogens with one attached hydrogen (secondary N) is 2. The van der Waals surface area contributed by atoms with Crippen LogP contribution in [-0.4, -0.2) is 48.4 Å². The van der Waals surface area contributed by atoms with Crippen molar-refractivity contribution >= 4 is 17.8 Å². The molecule has 1 aromatic rings. The molecule has 0 aromatic heterocycles. The number of rotatable bonds is 6. The van der Waals surface area contributed by atoms with Gasteiger partial charge in [0, 0.05) is 20.8 Å². The molecule has 1 fully saturated rings. The summed E-state index contributed by atoms with van der Waals surface area (Å²) in [5, 5.41) is 5.51. The lowest BCUT2D eigenvalue weighted by Crippen LogP contribution is -2.69. The van der Waals surface area contributed by atoms with E-state index in [1.165, 1.54) is 20.8 Å². The van der Waals surface area contributed by atoms with Crippen LogP contribution in [0.1, 0.15) is 33.3 Å². The van der Waals surface area contributed by atoms with Crippen LogP contribution in [0, 0.1) is 0 Å². The van der Waals surface area contributed by atoms with Crippen molar-refractivity contribution in [1.82, 2.24) is 10.6 Å². The molecule has 0 saturated carbocycles. The van der Waals surface area contributed by atoms with Gasteiger partial charge in [-0.05, 0) is 12.5 Å². The van der Waals surface area contributed by atoms with Gasteiger partial charge in [-0.1, -0.05) is 30.3 Å². The summed E-state index contributed by atoms with van der Waals surface area (Å²) in [6.45, 7) is 5.99. The molecule has 27 heavy (non-hydrogen) atoms. The minimum atomic E-state index is -0.826. The third-order valence-corrected chi connectivity index (χ3v) is 4.14. The molecule has 0 unspecified atom stereocenters. The maximum Gasteiger partial charge on any atom is 0.303 e. The number of carbonyl (C=O) groups is 3. The molecule has 0 spiro atoms. The molecule has 1 aliphatic heterocycles. The predicted octanol–water partition coefficient (Wildman–Crippen LogP) is 0.889. The summed E-state index contributed by atoms with van der Waals surface area (Å²) in [5.41, 5.74) is 0.938. The topological polar surface area (TPSA) is 103 Å². The van der Waals surface area contributed by atoms with Gasteiger partial charge < -0.3 is 24.8 Å². The van der Waals surface area contributed by atoms with Crippen LogP contribution in [0.2, 0.25) is 0 Å². The maximum absolute atomic E-state index is 11.7. The maximum atomic E-state index is 11.7. The fraction of sp³-hybridized carbons (Fsp3) is 0.526.